The van der Waals surface area contributed by atoms with E-state index in [-0.39, 0.29) is 6.04 Å². The average Bonchev–Trinajstić information content (AvgIpc) is 2.45. The maximum atomic E-state index is 11.9. The van der Waals surface area contributed by atoms with E-state index in [1.807, 2.05) is 52.0 Å². The molecule has 0 aromatic heterocycles. The van der Waals surface area contributed by atoms with E-state index in [9.17, 15) is 4.79 Å². The predicted octanol–water partition coefficient (Wildman–Crippen LogP) is 3.42. The van der Waals surface area contributed by atoms with Gasteiger partial charge in [-0.15, -0.1) is 0 Å². The number of guanidine groups is 1. The molecule has 1 aromatic carbocycles. The summed E-state index contributed by atoms with van der Waals surface area (Å²) in [7, 11) is 0. The number of nitrogens with two attached hydrogens (primary N) is 1. The number of nitrogens with zero attached hydrogens (tertiary/aromatic N) is 1. The van der Waals surface area contributed by atoms with Crippen LogP contribution in [0.3, 0.4) is 0 Å². The van der Waals surface area contributed by atoms with Crippen LogP contribution in [0.1, 0.15) is 46.1 Å². The van der Waals surface area contributed by atoms with E-state index in [4.69, 9.17) is 10.5 Å². The maximum absolute atomic E-state index is 11.9. The van der Waals surface area contributed by atoms with Gasteiger partial charge in [0.25, 0.3) is 0 Å². The highest BCUT2D eigenvalue weighted by Crippen LogP contribution is 2.09. The molecule has 1 unspecified atom stereocenters. The number of anilines is 1. The fraction of sp³-hybridized carbons (Fsp3) is 0.556. The third-order valence-electron chi connectivity index (χ3n) is 3.16. The van der Waals surface area contributed by atoms with Gasteiger partial charge in [0.2, 0.25) is 0 Å². The molecule has 1 aromatic rings. The Balaban J connectivity index is 2.57. The second-order valence-corrected chi connectivity index (χ2v) is 6.85. The molecule has 0 saturated heterocycles. The summed E-state index contributed by atoms with van der Waals surface area (Å²) in [6.07, 6.45) is 1.31. The van der Waals surface area contributed by atoms with Crippen molar-refractivity contribution in [3.05, 3.63) is 29.8 Å². The second kappa shape index (κ2) is 9.15. The Hall–Kier alpha value is -2.24. The summed E-state index contributed by atoms with van der Waals surface area (Å²) in [5.74, 6) is 0.325. The van der Waals surface area contributed by atoms with Gasteiger partial charge in [0.05, 0.1) is 12.6 Å². The molecule has 0 bridgehead atoms. The Morgan fingerprint density at radius 1 is 1.29 bits per heavy atom. The van der Waals surface area contributed by atoms with Gasteiger partial charge in [0.1, 0.15) is 5.60 Å². The maximum Gasteiger partial charge on any atom is 0.407 e. The first-order valence-corrected chi connectivity index (χ1v) is 8.32. The normalized spacial score (nSPS) is 13.3. The minimum atomic E-state index is -0.518. The molecular weight excluding hydrogens is 304 g/mol. The van der Waals surface area contributed by atoms with Gasteiger partial charge in [0, 0.05) is 5.69 Å². The fourth-order valence-corrected chi connectivity index (χ4v) is 2.06. The number of aliphatic imine (C=N–C) groups is 1. The smallest absolute Gasteiger partial charge is 0.407 e. The van der Waals surface area contributed by atoms with Crippen LogP contribution in [0.4, 0.5) is 10.5 Å². The minimum absolute atomic E-state index is 0.108. The van der Waals surface area contributed by atoms with Crippen LogP contribution in [0.15, 0.2) is 29.3 Å². The molecule has 1 atom stereocenters. The fourth-order valence-electron chi connectivity index (χ4n) is 2.06. The summed E-state index contributed by atoms with van der Waals surface area (Å²) >= 11 is 0. The summed E-state index contributed by atoms with van der Waals surface area (Å²) in [5, 5.41) is 5.89. The van der Waals surface area contributed by atoms with Gasteiger partial charge in [-0.05, 0) is 46.2 Å². The topological polar surface area (TPSA) is 88.7 Å². The minimum Gasteiger partial charge on any atom is -0.444 e. The molecule has 0 spiro atoms. The van der Waals surface area contributed by atoms with Crippen molar-refractivity contribution in [1.29, 1.82) is 0 Å². The van der Waals surface area contributed by atoms with Crippen LogP contribution in [0, 0.1) is 6.92 Å². The summed E-state index contributed by atoms with van der Waals surface area (Å²) in [6, 6.07) is 7.78. The molecule has 0 aliphatic carbocycles. The van der Waals surface area contributed by atoms with Gasteiger partial charge >= 0.3 is 6.09 Å². The molecular formula is C18H30N4O2. The molecule has 0 saturated carbocycles. The van der Waals surface area contributed by atoms with E-state index < -0.39 is 11.7 Å². The summed E-state index contributed by atoms with van der Waals surface area (Å²) in [5.41, 5.74) is 7.46. The third kappa shape index (κ3) is 8.41. The number of rotatable bonds is 6. The molecule has 134 valence electrons. The van der Waals surface area contributed by atoms with Gasteiger partial charge in [0.15, 0.2) is 5.96 Å². The molecule has 1 amide bonds. The molecule has 6 nitrogen and oxygen atoms in total. The van der Waals surface area contributed by atoms with Crippen molar-refractivity contribution in [2.45, 2.75) is 59.1 Å². The van der Waals surface area contributed by atoms with E-state index in [1.165, 1.54) is 5.56 Å². The number of benzene rings is 1. The number of hydrogen-bond acceptors (Lipinski definition) is 3. The first kappa shape index (κ1) is 19.8. The van der Waals surface area contributed by atoms with Crippen molar-refractivity contribution in [3.63, 3.8) is 0 Å². The molecule has 0 aliphatic rings. The Labute approximate surface area is 144 Å². The Morgan fingerprint density at radius 3 is 2.46 bits per heavy atom. The van der Waals surface area contributed by atoms with E-state index >= 15 is 0 Å². The van der Waals surface area contributed by atoms with Crippen LogP contribution in [0.2, 0.25) is 0 Å². The van der Waals surface area contributed by atoms with Crippen LogP contribution < -0.4 is 16.4 Å². The van der Waals surface area contributed by atoms with Crippen LogP contribution in [-0.4, -0.2) is 30.2 Å². The zero-order valence-electron chi connectivity index (χ0n) is 15.3. The number of carbonyl (C=O) groups excluding carboxylic acids is 1. The van der Waals surface area contributed by atoms with E-state index in [2.05, 4.69) is 22.5 Å². The van der Waals surface area contributed by atoms with Crippen LogP contribution in [0.5, 0.6) is 0 Å². The number of nitrogens with one attached hydrogen (secondary N) is 2. The molecule has 4 N–H and O–H groups in total. The Bertz CT molecular complexity index is 547. The Kier molecular flexibility index (Phi) is 7.55. The van der Waals surface area contributed by atoms with Crippen LogP contribution >= 0.6 is 0 Å². The van der Waals surface area contributed by atoms with Gasteiger partial charge in [-0.2, -0.15) is 0 Å². The van der Waals surface area contributed by atoms with Crippen LogP contribution in [0.25, 0.3) is 0 Å². The first-order valence-electron chi connectivity index (χ1n) is 8.32. The molecule has 0 aliphatic heterocycles. The zero-order chi connectivity index (χ0) is 18.2. The lowest BCUT2D eigenvalue weighted by atomic mass is 10.1. The van der Waals surface area contributed by atoms with Gasteiger partial charge < -0.3 is 21.1 Å². The monoisotopic (exact) mass is 334 g/mol. The summed E-state index contributed by atoms with van der Waals surface area (Å²) in [4.78, 5) is 16.2. The average molecular weight is 334 g/mol. The highest BCUT2D eigenvalue weighted by molar-refractivity contribution is 5.92. The van der Waals surface area contributed by atoms with Crippen molar-refractivity contribution in [1.82, 2.24) is 5.32 Å². The molecule has 0 heterocycles. The molecule has 0 fully saturated rings. The lowest BCUT2D eigenvalue weighted by Gasteiger charge is -2.22. The third-order valence-corrected chi connectivity index (χ3v) is 3.16. The van der Waals surface area contributed by atoms with E-state index in [0.29, 0.717) is 12.5 Å². The molecule has 6 heteroatoms. The van der Waals surface area contributed by atoms with Crippen molar-refractivity contribution in [3.8, 4) is 0 Å². The zero-order valence-corrected chi connectivity index (χ0v) is 15.3. The summed E-state index contributed by atoms with van der Waals surface area (Å²) in [6.45, 7) is 9.99. The van der Waals surface area contributed by atoms with Gasteiger partial charge in [-0.3, -0.25) is 4.99 Å². The molecule has 0 radical (unpaired) electrons. The van der Waals surface area contributed by atoms with E-state index in [1.54, 1.807) is 0 Å². The number of amides is 1. The molecule has 1 rings (SSSR count). The number of ether oxygens (including phenoxy) is 1. The number of carbonyl (C=O) groups is 1. The van der Waals surface area contributed by atoms with Crippen molar-refractivity contribution >= 4 is 17.7 Å². The number of aryl methyl sites for hydroxylation is 1. The highest BCUT2D eigenvalue weighted by atomic mass is 16.6. The van der Waals surface area contributed by atoms with Crippen molar-refractivity contribution in [2.75, 3.05) is 11.9 Å². The lowest BCUT2D eigenvalue weighted by molar-refractivity contribution is 0.0503. The largest absolute Gasteiger partial charge is 0.444 e. The number of hydrogen-bond donors (Lipinski definition) is 3. The summed E-state index contributed by atoms with van der Waals surface area (Å²) < 4.78 is 5.28. The van der Waals surface area contributed by atoms with Crippen molar-refractivity contribution in [2.24, 2.45) is 10.7 Å². The van der Waals surface area contributed by atoms with Gasteiger partial charge in [-0.1, -0.05) is 31.0 Å². The second-order valence-electron chi connectivity index (χ2n) is 6.85. The molecule has 24 heavy (non-hydrogen) atoms. The lowest BCUT2D eigenvalue weighted by Crippen LogP contribution is -2.41. The Morgan fingerprint density at radius 2 is 1.92 bits per heavy atom. The van der Waals surface area contributed by atoms with Gasteiger partial charge in [-0.25, -0.2) is 4.79 Å². The predicted molar refractivity (Wildman–Crippen MR) is 99.4 cm³/mol. The number of alkyl carbamates (subject to hydrolysis) is 1. The standard InChI is InChI=1S/C18H30N4O2/c1-6-7-15(22-17(23)24-18(3,4)5)12-20-16(19)21-14-10-8-13(2)9-11-14/h8-11,15H,6-7,12H2,1-5H3,(H,22,23)(H3,19,20,21). The highest BCUT2D eigenvalue weighted by Gasteiger charge is 2.19. The van der Waals surface area contributed by atoms with Crippen LogP contribution in [-0.2, 0) is 4.74 Å². The SMILES string of the molecule is CCCC(CN=C(N)Nc1ccc(C)cc1)NC(=O)OC(C)(C)C. The quantitative estimate of drug-likeness (QED) is 0.549. The van der Waals surface area contributed by atoms with E-state index in [0.717, 1.165) is 18.5 Å². The van der Waals surface area contributed by atoms with Crippen molar-refractivity contribution < 1.29 is 9.53 Å². The first-order chi connectivity index (χ1) is 11.2.